The quantitative estimate of drug-likeness (QED) is 0.785. The predicted molar refractivity (Wildman–Crippen MR) is 88.4 cm³/mol. The number of rotatable bonds is 6. The molecule has 2 N–H and O–H groups in total. The Hall–Kier alpha value is -3.16. The van der Waals surface area contributed by atoms with Crippen molar-refractivity contribution in [3.8, 4) is 0 Å². The monoisotopic (exact) mass is 330 g/mol. The van der Waals surface area contributed by atoms with Crippen molar-refractivity contribution in [2.75, 3.05) is 23.8 Å². The second-order valence-corrected chi connectivity index (χ2v) is 4.57. The van der Waals surface area contributed by atoms with Gasteiger partial charge in [0.15, 0.2) is 11.6 Å². The van der Waals surface area contributed by atoms with Gasteiger partial charge in [0.05, 0.1) is 18.8 Å². The molecule has 0 saturated carbocycles. The van der Waals surface area contributed by atoms with Crippen LogP contribution in [-0.4, -0.2) is 35.5 Å². The molecule has 1 aromatic carbocycles. The third kappa shape index (κ3) is 4.94. The normalized spacial score (nSPS) is 9.92. The molecule has 0 fully saturated rings. The first-order valence-corrected chi connectivity index (χ1v) is 7.44. The molecule has 0 atom stereocenters. The highest BCUT2D eigenvalue weighted by Gasteiger charge is 2.07. The summed E-state index contributed by atoms with van der Waals surface area (Å²) in [4.78, 5) is 22.8. The van der Waals surface area contributed by atoms with Crippen LogP contribution in [0.5, 0.6) is 0 Å². The van der Waals surface area contributed by atoms with Gasteiger partial charge in [-0.05, 0) is 50.2 Å². The number of nitrogens with zero attached hydrogens (tertiary/aromatic N) is 2. The lowest BCUT2D eigenvalue weighted by Crippen LogP contribution is -2.14. The van der Waals surface area contributed by atoms with Crippen LogP contribution in [0.15, 0.2) is 36.4 Å². The Morgan fingerprint density at radius 3 is 2.12 bits per heavy atom. The van der Waals surface area contributed by atoms with Crippen molar-refractivity contribution in [2.24, 2.45) is 0 Å². The highest BCUT2D eigenvalue weighted by molar-refractivity contribution is 5.89. The van der Waals surface area contributed by atoms with Crippen LogP contribution in [-0.2, 0) is 9.47 Å². The fourth-order valence-electron chi connectivity index (χ4n) is 1.79. The first-order valence-electron chi connectivity index (χ1n) is 7.44. The SMILES string of the molecule is CCOC(=O)Nc1ccc(Nc2ccc(C(=O)OCC)cc2)nn1. The summed E-state index contributed by atoms with van der Waals surface area (Å²) in [7, 11) is 0. The second kappa shape index (κ2) is 8.47. The van der Waals surface area contributed by atoms with Crippen molar-refractivity contribution in [2.45, 2.75) is 13.8 Å². The standard InChI is InChI=1S/C16H18N4O4/c1-3-23-15(21)11-5-7-12(8-6-11)17-13-9-10-14(20-19-13)18-16(22)24-4-2/h5-10H,3-4H2,1-2H3,(H,17,19)(H,18,20,22). The van der Waals surface area contributed by atoms with Crippen molar-refractivity contribution in [3.05, 3.63) is 42.0 Å². The van der Waals surface area contributed by atoms with E-state index >= 15 is 0 Å². The van der Waals surface area contributed by atoms with Gasteiger partial charge in [0, 0.05) is 5.69 Å². The van der Waals surface area contributed by atoms with Gasteiger partial charge in [0.2, 0.25) is 0 Å². The molecule has 2 aromatic rings. The van der Waals surface area contributed by atoms with Gasteiger partial charge in [0.1, 0.15) is 0 Å². The van der Waals surface area contributed by atoms with Crippen LogP contribution < -0.4 is 10.6 Å². The number of aromatic nitrogens is 2. The Morgan fingerprint density at radius 2 is 1.54 bits per heavy atom. The topological polar surface area (TPSA) is 102 Å². The summed E-state index contributed by atoms with van der Waals surface area (Å²) in [5.74, 6) is 0.420. The van der Waals surface area contributed by atoms with Gasteiger partial charge in [-0.15, -0.1) is 10.2 Å². The van der Waals surface area contributed by atoms with Gasteiger partial charge < -0.3 is 14.8 Å². The molecule has 8 heteroatoms. The Bertz CT molecular complexity index is 686. The summed E-state index contributed by atoms with van der Waals surface area (Å²) in [6.07, 6.45) is -0.581. The number of esters is 1. The van der Waals surface area contributed by atoms with E-state index < -0.39 is 6.09 Å². The fourth-order valence-corrected chi connectivity index (χ4v) is 1.79. The maximum absolute atomic E-state index is 11.6. The third-order valence-electron chi connectivity index (χ3n) is 2.84. The molecular formula is C16H18N4O4. The van der Waals surface area contributed by atoms with Crippen LogP contribution in [0, 0.1) is 0 Å². The number of carbonyl (C=O) groups excluding carboxylic acids is 2. The molecule has 0 bridgehead atoms. The summed E-state index contributed by atoms with van der Waals surface area (Å²) in [5, 5.41) is 13.3. The number of ether oxygens (including phenoxy) is 2. The minimum atomic E-state index is -0.581. The second-order valence-electron chi connectivity index (χ2n) is 4.57. The van der Waals surface area contributed by atoms with Crippen LogP contribution in [0.4, 0.5) is 22.1 Å². The number of benzene rings is 1. The van der Waals surface area contributed by atoms with Crippen LogP contribution in [0.25, 0.3) is 0 Å². The predicted octanol–water partition coefficient (Wildman–Crippen LogP) is 2.97. The van der Waals surface area contributed by atoms with Crippen LogP contribution in [0.1, 0.15) is 24.2 Å². The smallest absolute Gasteiger partial charge is 0.412 e. The molecule has 1 heterocycles. The molecule has 8 nitrogen and oxygen atoms in total. The molecule has 0 aliphatic rings. The maximum Gasteiger partial charge on any atom is 0.412 e. The van der Waals surface area contributed by atoms with Gasteiger partial charge in [0.25, 0.3) is 0 Å². The van der Waals surface area contributed by atoms with Crippen LogP contribution in [0.2, 0.25) is 0 Å². The number of hydrogen-bond acceptors (Lipinski definition) is 7. The highest BCUT2D eigenvalue weighted by Crippen LogP contribution is 2.16. The van der Waals surface area contributed by atoms with Gasteiger partial charge in [-0.3, -0.25) is 5.32 Å². The molecule has 126 valence electrons. The van der Waals surface area contributed by atoms with Crippen LogP contribution in [0.3, 0.4) is 0 Å². The van der Waals surface area contributed by atoms with Crippen molar-refractivity contribution in [1.82, 2.24) is 10.2 Å². The zero-order valence-corrected chi connectivity index (χ0v) is 13.4. The number of anilines is 3. The Morgan fingerprint density at radius 1 is 0.917 bits per heavy atom. The minimum Gasteiger partial charge on any atom is -0.462 e. The van der Waals surface area contributed by atoms with E-state index in [0.29, 0.717) is 18.0 Å². The average molecular weight is 330 g/mol. The Labute approximate surface area is 139 Å². The molecule has 0 aliphatic heterocycles. The van der Waals surface area contributed by atoms with Crippen LogP contribution >= 0.6 is 0 Å². The van der Waals surface area contributed by atoms with Gasteiger partial charge in [-0.1, -0.05) is 0 Å². The van der Waals surface area contributed by atoms with E-state index in [4.69, 9.17) is 9.47 Å². The fraction of sp³-hybridized carbons (Fsp3) is 0.250. The summed E-state index contributed by atoms with van der Waals surface area (Å²) in [6, 6.07) is 10.0. The molecule has 0 spiro atoms. The maximum atomic E-state index is 11.6. The number of amides is 1. The molecule has 0 saturated heterocycles. The summed E-state index contributed by atoms with van der Waals surface area (Å²) < 4.78 is 9.67. The van der Waals surface area contributed by atoms with E-state index in [1.807, 2.05) is 0 Å². The lowest BCUT2D eigenvalue weighted by molar-refractivity contribution is 0.0526. The van der Waals surface area contributed by atoms with Gasteiger partial charge in [-0.2, -0.15) is 0 Å². The number of hydrogen-bond donors (Lipinski definition) is 2. The molecule has 0 aliphatic carbocycles. The van der Waals surface area contributed by atoms with E-state index in [0.717, 1.165) is 5.69 Å². The molecular weight excluding hydrogens is 312 g/mol. The Balaban J connectivity index is 1.96. The molecule has 24 heavy (non-hydrogen) atoms. The zero-order valence-electron chi connectivity index (χ0n) is 13.4. The molecule has 0 radical (unpaired) electrons. The molecule has 2 rings (SSSR count). The van der Waals surface area contributed by atoms with E-state index in [1.54, 1.807) is 50.2 Å². The van der Waals surface area contributed by atoms with Crippen molar-refractivity contribution in [3.63, 3.8) is 0 Å². The lowest BCUT2D eigenvalue weighted by atomic mass is 10.2. The Kier molecular flexibility index (Phi) is 6.07. The summed E-state index contributed by atoms with van der Waals surface area (Å²) in [6.45, 7) is 4.08. The minimum absolute atomic E-state index is 0.278. The van der Waals surface area contributed by atoms with Gasteiger partial charge in [-0.25, -0.2) is 9.59 Å². The lowest BCUT2D eigenvalue weighted by Gasteiger charge is -2.07. The molecule has 1 aromatic heterocycles. The van der Waals surface area contributed by atoms with Gasteiger partial charge >= 0.3 is 12.1 Å². The van der Waals surface area contributed by atoms with E-state index in [9.17, 15) is 9.59 Å². The van der Waals surface area contributed by atoms with Crippen molar-refractivity contribution >= 4 is 29.4 Å². The largest absolute Gasteiger partial charge is 0.462 e. The first-order chi connectivity index (χ1) is 11.6. The highest BCUT2D eigenvalue weighted by atomic mass is 16.5. The van der Waals surface area contributed by atoms with Crippen molar-refractivity contribution in [1.29, 1.82) is 0 Å². The number of nitrogens with one attached hydrogen (secondary N) is 2. The van der Waals surface area contributed by atoms with E-state index in [-0.39, 0.29) is 18.4 Å². The van der Waals surface area contributed by atoms with Crippen molar-refractivity contribution < 1.29 is 19.1 Å². The molecule has 1 amide bonds. The zero-order chi connectivity index (χ0) is 17.4. The third-order valence-corrected chi connectivity index (χ3v) is 2.84. The van der Waals surface area contributed by atoms with E-state index in [2.05, 4.69) is 20.8 Å². The average Bonchev–Trinajstić information content (AvgIpc) is 2.58. The number of carbonyl (C=O) groups is 2. The molecule has 0 unspecified atom stereocenters. The van der Waals surface area contributed by atoms with E-state index in [1.165, 1.54) is 0 Å². The summed E-state index contributed by atoms with van der Waals surface area (Å²) in [5.41, 5.74) is 1.21. The summed E-state index contributed by atoms with van der Waals surface area (Å²) >= 11 is 0. The first kappa shape index (κ1) is 17.2.